The van der Waals surface area contributed by atoms with Crippen molar-refractivity contribution in [2.24, 2.45) is 0 Å². The third-order valence-corrected chi connectivity index (χ3v) is 7.20. The van der Waals surface area contributed by atoms with Crippen LogP contribution in [0.3, 0.4) is 0 Å². The number of rotatable bonds is 4. The monoisotopic (exact) mass is 447 g/mol. The Morgan fingerprint density at radius 3 is 2.19 bits per heavy atom. The third kappa shape index (κ3) is 4.11. The number of amides is 3. The molecule has 1 aromatic carbocycles. The molecule has 0 bridgehead atoms. The van der Waals surface area contributed by atoms with Crippen molar-refractivity contribution in [1.29, 1.82) is 0 Å². The average Bonchev–Trinajstić information content (AvgIpc) is 2.98. The van der Waals surface area contributed by atoms with Crippen LogP contribution in [-0.4, -0.2) is 63.6 Å². The third-order valence-electron chi connectivity index (χ3n) is 7.20. The van der Waals surface area contributed by atoms with E-state index in [9.17, 15) is 23.2 Å². The summed E-state index contributed by atoms with van der Waals surface area (Å²) in [5, 5.41) is 0. The van der Waals surface area contributed by atoms with E-state index in [1.54, 1.807) is 26.8 Å². The molecule has 0 N–H and O–H groups in total. The van der Waals surface area contributed by atoms with Crippen molar-refractivity contribution in [3.8, 4) is 0 Å². The minimum absolute atomic E-state index is 0.0381. The number of benzene rings is 1. The summed E-state index contributed by atoms with van der Waals surface area (Å²) in [6.07, 6.45) is 6.19. The Balaban J connectivity index is 1.59. The van der Waals surface area contributed by atoms with E-state index in [1.807, 2.05) is 0 Å². The zero-order valence-corrected chi connectivity index (χ0v) is 18.8. The predicted molar refractivity (Wildman–Crippen MR) is 115 cm³/mol. The van der Waals surface area contributed by atoms with Crippen LogP contribution in [0.1, 0.15) is 63.5 Å². The lowest BCUT2D eigenvalue weighted by atomic mass is 9.82. The fourth-order valence-corrected chi connectivity index (χ4v) is 5.23. The van der Waals surface area contributed by atoms with Gasteiger partial charge in [-0.15, -0.1) is 0 Å². The lowest BCUT2D eigenvalue weighted by Crippen LogP contribution is -2.81. The van der Waals surface area contributed by atoms with Crippen molar-refractivity contribution < 1.29 is 23.2 Å². The van der Waals surface area contributed by atoms with Crippen LogP contribution in [0.25, 0.3) is 0 Å². The summed E-state index contributed by atoms with van der Waals surface area (Å²) in [6.45, 7) is 2.86. The molecule has 3 aliphatic rings. The number of carbonyl (C=O) groups is 3. The molecule has 8 heteroatoms. The Kier molecular flexibility index (Phi) is 5.98. The second-order valence-electron chi connectivity index (χ2n) is 9.55. The Morgan fingerprint density at radius 2 is 1.66 bits per heavy atom. The molecule has 2 aliphatic heterocycles. The largest absolute Gasteiger partial charge is 0.337 e. The first-order chi connectivity index (χ1) is 15.1. The van der Waals surface area contributed by atoms with E-state index < -0.39 is 11.5 Å². The van der Waals surface area contributed by atoms with Gasteiger partial charge in [0.25, 0.3) is 11.8 Å². The van der Waals surface area contributed by atoms with E-state index in [1.165, 1.54) is 19.1 Å². The fraction of sp³-hybridized carbons (Fsp3) is 0.625. The van der Waals surface area contributed by atoms with Crippen LogP contribution in [0.4, 0.5) is 8.78 Å². The number of nitrogens with zero attached hydrogens (tertiary/aromatic N) is 3. The standard InChI is InChI=1S/C24H31F2N3O3/c1-17(30)27-15-24(16-27)22(32)28(20-7-5-3-4-6-8-20)14-21(31)29(24)13-18-9-11-19(12-10-18)23(2,25)26/h9-12,20H,3-8,13-16H2,1-2H3. The second-order valence-corrected chi connectivity index (χ2v) is 9.55. The molecule has 4 rings (SSSR count). The Hall–Kier alpha value is -2.51. The summed E-state index contributed by atoms with van der Waals surface area (Å²) in [7, 11) is 0. The molecular weight excluding hydrogens is 416 g/mol. The molecule has 3 amide bonds. The molecule has 174 valence electrons. The molecule has 3 fully saturated rings. The smallest absolute Gasteiger partial charge is 0.270 e. The van der Waals surface area contributed by atoms with Crippen LogP contribution in [0.15, 0.2) is 24.3 Å². The van der Waals surface area contributed by atoms with Gasteiger partial charge in [0.05, 0.1) is 13.1 Å². The van der Waals surface area contributed by atoms with Crippen molar-refractivity contribution in [3.63, 3.8) is 0 Å². The number of carbonyl (C=O) groups excluding carboxylic acids is 3. The molecule has 2 heterocycles. The SMILES string of the molecule is CC(=O)N1CC2(C1)C(=O)N(C1CCCCCC1)CC(=O)N2Cc1ccc(C(C)(F)F)cc1. The van der Waals surface area contributed by atoms with E-state index in [2.05, 4.69) is 0 Å². The van der Waals surface area contributed by atoms with Crippen LogP contribution < -0.4 is 0 Å². The summed E-state index contributed by atoms with van der Waals surface area (Å²) >= 11 is 0. The minimum atomic E-state index is -2.94. The van der Waals surface area contributed by atoms with Crippen LogP contribution >= 0.6 is 0 Å². The van der Waals surface area contributed by atoms with Gasteiger partial charge in [-0.1, -0.05) is 49.9 Å². The number of hydrogen-bond acceptors (Lipinski definition) is 3. The first-order valence-electron chi connectivity index (χ1n) is 11.5. The normalized spacial score (nSPS) is 22.2. The molecule has 1 spiro atoms. The van der Waals surface area contributed by atoms with Gasteiger partial charge in [-0.25, -0.2) is 8.78 Å². The minimum Gasteiger partial charge on any atom is -0.337 e. The first kappa shape index (κ1) is 22.7. The number of likely N-dealkylation sites (tertiary alicyclic amines) is 1. The van der Waals surface area contributed by atoms with E-state index in [4.69, 9.17) is 0 Å². The first-order valence-corrected chi connectivity index (χ1v) is 11.5. The maximum absolute atomic E-state index is 13.7. The van der Waals surface area contributed by atoms with Gasteiger partial charge in [0.2, 0.25) is 11.8 Å². The highest BCUT2D eigenvalue weighted by Gasteiger charge is 2.60. The number of alkyl halides is 2. The van der Waals surface area contributed by atoms with Crippen LogP contribution in [0, 0.1) is 0 Å². The molecule has 1 saturated carbocycles. The average molecular weight is 448 g/mol. The Labute approximate surface area is 187 Å². The summed E-state index contributed by atoms with van der Waals surface area (Å²) in [4.78, 5) is 43.8. The van der Waals surface area contributed by atoms with Gasteiger partial charge in [0, 0.05) is 32.0 Å². The lowest BCUT2D eigenvalue weighted by Gasteiger charge is -2.58. The summed E-state index contributed by atoms with van der Waals surface area (Å²) in [5.41, 5.74) is -0.480. The maximum atomic E-state index is 13.7. The molecule has 2 saturated heterocycles. The highest BCUT2D eigenvalue weighted by Crippen LogP contribution is 2.37. The second kappa shape index (κ2) is 8.45. The van der Waals surface area contributed by atoms with E-state index in [0.29, 0.717) is 5.56 Å². The zero-order valence-electron chi connectivity index (χ0n) is 18.8. The van der Waals surface area contributed by atoms with Gasteiger partial charge in [-0.2, -0.15) is 0 Å². The van der Waals surface area contributed by atoms with Crippen molar-refractivity contribution in [1.82, 2.24) is 14.7 Å². The number of halogens is 2. The van der Waals surface area contributed by atoms with E-state index >= 15 is 0 Å². The molecule has 0 unspecified atom stereocenters. The number of hydrogen-bond donors (Lipinski definition) is 0. The van der Waals surface area contributed by atoms with Crippen molar-refractivity contribution >= 4 is 17.7 Å². The molecular formula is C24H31F2N3O3. The molecule has 1 aromatic rings. The lowest BCUT2D eigenvalue weighted by molar-refractivity contribution is -0.184. The van der Waals surface area contributed by atoms with Crippen LogP contribution in [0.2, 0.25) is 0 Å². The van der Waals surface area contributed by atoms with Gasteiger partial charge in [0.15, 0.2) is 5.54 Å². The molecule has 0 radical (unpaired) electrons. The predicted octanol–water partition coefficient (Wildman–Crippen LogP) is 3.29. The summed E-state index contributed by atoms with van der Waals surface area (Å²) in [6, 6.07) is 5.94. The Bertz CT molecular complexity index is 883. The number of piperazine rings is 1. The van der Waals surface area contributed by atoms with Crippen molar-refractivity contribution in [2.45, 2.75) is 76.4 Å². The van der Waals surface area contributed by atoms with E-state index in [0.717, 1.165) is 45.4 Å². The van der Waals surface area contributed by atoms with E-state index in [-0.39, 0.29) is 55.5 Å². The van der Waals surface area contributed by atoms with Gasteiger partial charge in [-0.05, 0) is 18.4 Å². The summed E-state index contributed by atoms with van der Waals surface area (Å²) in [5.74, 6) is -3.30. The maximum Gasteiger partial charge on any atom is 0.270 e. The topological polar surface area (TPSA) is 60.9 Å². The van der Waals surface area contributed by atoms with Crippen LogP contribution in [-0.2, 0) is 26.9 Å². The van der Waals surface area contributed by atoms with Gasteiger partial charge >= 0.3 is 0 Å². The molecule has 6 nitrogen and oxygen atoms in total. The van der Waals surface area contributed by atoms with Crippen molar-refractivity contribution in [3.05, 3.63) is 35.4 Å². The van der Waals surface area contributed by atoms with Crippen molar-refractivity contribution in [2.75, 3.05) is 19.6 Å². The summed E-state index contributed by atoms with van der Waals surface area (Å²) < 4.78 is 27.1. The molecule has 32 heavy (non-hydrogen) atoms. The fourth-order valence-electron chi connectivity index (χ4n) is 5.23. The zero-order chi connectivity index (χ0) is 23.1. The molecule has 0 atom stereocenters. The van der Waals surface area contributed by atoms with Gasteiger partial charge < -0.3 is 14.7 Å². The molecule has 1 aliphatic carbocycles. The van der Waals surface area contributed by atoms with Gasteiger partial charge in [-0.3, -0.25) is 14.4 Å². The quantitative estimate of drug-likeness (QED) is 0.666. The molecule has 0 aromatic heterocycles. The van der Waals surface area contributed by atoms with Crippen LogP contribution in [0.5, 0.6) is 0 Å². The Morgan fingerprint density at radius 1 is 1.06 bits per heavy atom. The highest BCUT2D eigenvalue weighted by atomic mass is 19.3. The highest BCUT2D eigenvalue weighted by molar-refractivity contribution is 6.00. The van der Waals surface area contributed by atoms with Gasteiger partial charge in [0.1, 0.15) is 6.54 Å².